The number of nitrogens with one attached hydrogen (secondary N) is 1. The number of para-hydroxylation sites is 1. The Bertz CT molecular complexity index is 774. The molecular weight excluding hydrogens is 322 g/mol. The predicted molar refractivity (Wildman–Crippen MR) is 92.4 cm³/mol. The van der Waals surface area contributed by atoms with Crippen LogP contribution in [0, 0.1) is 10.1 Å². The summed E-state index contributed by atoms with van der Waals surface area (Å²) in [7, 11) is 0. The van der Waals surface area contributed by atoms with Gasteiger partial charge in [0.15, 0.2) is 0 Å². The maximum Gasteiger partial charge on any atom is 0.282 e. The lowest BCUT2D eigenvalue weighted by molar-refractivity contribution is -0.385. The van der Waals surface area contributed by atoms with Gasteiger partial charge in [-0.25, -0.2) is 9.97 Å². The molecular formula is C17H19N5O3. The van der Waals surface area contributed by atoms with Crippen LogP contribution in [0.5, 0.6) is 0 Å². The van der Waals surface area contributed by atoms with Gasteiger partial charge in [0.25, 0.3) is 11.6 Å². The van der Waals surface area contributed by atoms with Crippen molar-refractivity contribution in [2.45, 2.75) is 25.8 Å². The van der Waals surface area contributed by atoms with E-state index in [1.807, 2.05) is 0 Å². The molecule has 1 aromatic carbocycles. The molecule has 25 heavy (non-hydrogen) atoms. The fourth-order valence-corrected chi connectivity index (χ4v) is 2.82. The molecule has 2 heterocycles. The summed E-state index contributed by atoms with van der Waals surface area (Å²) in [5.74, 6) is 0.169. The van der Waals surface area contributed by atoms with E-state index in [9.17, 15) is 14.9 Å². The third kappa shape index (κ3) is 4.09. The minimum atomic E-state index is -0.561. The van der Waals surface area contributed by atoms with Crippen LogP contribution < -0.4 is 10.2 Å². The van der Waals surface area contributed by atoms with Crippen LogP contribution in [0.15, 0.2) is 36.5 Å². The zero-order chi connectivity index (χ0) is 17.6. The van der Waals surface area contributed by atoms with E-state index in [0.717, 1.165) is 25.9 Å². The quantitative estimate of drug-likeness (QED) is 0.661. The Morgan fingerprint density at radius 1 is 1.20 bits per heavy atom. The lowest BCUT2D eigenvalue weighted by Crippen LogP contribution is -2.31. The highest BCUT2D eigenvalue weighted by Crippen LogP contribution is 2.18. The van der Waals surface area contributed by atoms with Crippen molar-refractivity contribution in [1.82, 2.24) is 15.3 Å². The summed E-state index contributed by atoms with van der Waals surface area (Å²) in [6.07, 6.45) is 5.15. The van der Waals surface area contributed by atoms with Gasteiger partial charge in [-0.05, 0) is 31.4 Å². The van der Waals surface area contributed by atoms with E-state index in [4.69, 9.17) is 0 Å². The summed E-state index contributed by atoms with van der Waals surface area (Å²) in [6.45, 7) is 2.06. The molecule has 1 aliphatic heterocycles. The number of benzene rings is 1. The van der Waals surface area contributed by atoms with Crippen LogP contribution >= 0.6 is 0 Å². The summed E-state index contributed by atoms with van der Waals surface area (Å²) in [5, 5.41) is 13.7. The van der Waals surface area contributed by atoms with Gasteiger partial charge in [-0.3, -0.25) is 14.9 Å². The van der Waals surface area contributed by atoms with Crippen molar-refractivity contribution in [3.63, 3.8) is 0 Å². The van der Waals surface area contributed by atoms with Gasteiger partial charge in [0, 0.05) is 25.4 Å². The largest absolute Gasteiger partial charge is 0.346 e. The predicted octanol–water partition coefficient (Wildman–Crippen LogP) is 2.31. The number of piperidine rings is 1. The Hall–Kier alpha value is -3.03. The molecule has 0 spiro atoms. The van der Waals surface area contributed by atoms with E-state index in [1.165, 1.54) is 24.6 Å². The van der Waals surface area contributed by atoms with Crippen LogP contribution in [0.4, 0.5) is 11.6 Å². The van der Waals surface area contributed by atoms with Crippen molar-refractivity contribution in [1.29, 1.82) is 0 Å². The van der Waals surface area contributed by atoms with Gasteiger partial charge in [0.05, 0.1) is 17.2 Å². The molecule has 8 nitrogen and oxygen atoms in total. The number of carbonyl (C=O) groups is 1. The fraction of sp³-hybridized carbons (Fsp3) is 0.353. The molecule has 2 aromatic rings. The zero-order valence-corrected chi connectivity index (χ0v) is 13.7. The van der Waals surface area contributed by atoms with Crippen LogP contribution in [-0.4, -0.2) is 33.9 Å². The van der Waals surface area contributed by atoms with Crippen molar-refractivity contribution >= 4 is 17.5 Å². The molecule has 8 heteroatoms. The second-order valence-electron chi connectivity index (χ2n) is 5.85. The van der Waals surface area contributed by atoms with Gasteiger partial charge in [0.2, 0.25) is 5.95 Å². The van der Waals surface area contributed by atoms with Gasteiger partial charge in [-0.15, -0.1) is 0 Å². The monoisotopic (exact) mass is 341 g/mol. The second-order valence-corrected chi connectivity index (χ2v) is 5.85. The lowest BCUT2D eigenvalue weighted by Gasteiger charge is -2.26. The molecule has 1 amide bonds. The van der Waals surface area contributed by atoms with E-state index in [2.05, 4.69) is 20.2 Å². The maximum absolute atomic E-state index is 12.3. The van der Waals surface area contributed by atoms with Crippen LogP contribution in [-0.2, 0) is 6.54 Å². The number of amides is 1. The average Bonchev–Trinajstić information content (AvgIpc) is 2.67. The summed E-state index contributed by atoms with van der Waals surface area (Å²) in [6, 6.07) is 7.61. The number of nitro benzene ring substituents is 1. The molecule has 130 valence electrons. The van der Waals surface area contributed by atoms with E-state index in [1.54, 1.807) is 18.3 Å². The minimum Gasteiger partial charge on any atom is -0.346 e. The second kappa shape index (κ2) is 7.69. The summed E-state index contributed by atoms with van der Waals surface area (Å²) >= 11 is 0. The van der Waals surface area contributed by atoms with E-state index < -0.39 is 10.8 Å². The van der Waals surface area contributed by atoms with Gasteiger partial charge < -0.3 is 10.2 Å². The molecule has 0 bridgehead atoms. The Kier molecular flexibility index (Phi) is 5.17. The number of rotatable bonds is 5. The van der Waals surface area contributed by atoms with Gasteiger partial charge in [0.1, 0.15) is 5.56 Å². The highest BCUT2D eigenvalue weighted by atomic mass is 16.6. The number of hydrogen-bond donors (Lipinski definition) is 1. The third-order valence-corrected chi connectivity index (χ3v) is 4.11. The zero-order valence-electron chi connectivity index (χ0n) is 13.7. The van der Waals surface area contributed by atoms with Crippen LogP contribution in [0.2, 0.25) is 0 Å². The smallest absolute Gasteiger partial charge is 0.282 e. The first-order chi connectivity index (χ1) is 12.1. The molecule has 0 radical (unpaired) electrons. The van der Waals surface area contributed by atoms with Crippen molar-refractivity contribution in [2.75, 3.05) is 18.0 Å². The normalized spacial score (nSPS) is 14.2. The van der Waals surface area contributed by atoms with Gasteiger partial charge in [-0.2, -0.15) is 0 Å². The highest BCUT2D eigenvalue weighted by molar-refractivity contribution is 5.98. The molecule has 0 unspecified atom stereocenters. The Morgan fingerprint density at radius 2 is 1.96 bits per heavy atom. The Balaban J connectivity index is 1.67. The highest BCUT2D eigenvalue weighted by Gasteiger charge is 2.19. The van der Waals surface area contributed by atoms with Crippen molar-refractivity contribution in [2.24, 2.45) is 0 Å². The molecule has 0 atom stereocenters. The molecule has 3 rings (SSSR count). The van der Waals surface area contributed by atoms with E-state index >= 15 is 0 Å². The molecule has 1 fully saturated rings. The van der Waals surface area contributed by atoms with Crippen molar-refractivity contribution in [3.8, 4) is 0 Å². The number of aromatic nitrogens is 2. The Morgan fingerprint density at radius 3 is 2.72 bits per heavy atom. The standard InChI is InChI=1S/C17H19N5O3/c23-16(14-6-2-3-7-15(14)22(24)25)19-12-13-8-9-18-17(20-13)21-10-4-1-5-11-21/h2-3,6-9H,1,4-5,10-12H2,(H,19,23). The average molecular weight is 341 g/mol. The fourth-order valence-electron chi connectivity index (χ4n) is 2.82. The lowest BCUT2D eigenvalue weighted by atomic mass is 10.1. The van der Waals surface area contributed by atoms with Crippen LogP contribution in [0.1, 0.15) is 35.3 Å². The van der Waals surface area contributed by atoms with Crippen LogP contribution in [0.3, 0.4) is 0 Å². The number of nitrogens with zero attached hydrogens (tertiary/aromatic N) is 4. The van der Waals surface area contributed by atoms with Gasteiger partial charge in [-0.1, -0.05) is 12.1 Å². The SMILES string of the molecule is O=C(NCc1ccnc(N2CCCCC2)n1)c1ccccc1[N+](=O)[O-]. The van der Waals surface area contributed by atoms with Gasteiger partial charge >= 0.3 is 0 Å². The molecule has 0 aliphatic carbocycles. The maximum atomic E-state index is 12.3. The molecule has 1 aromatic heterocycles. The first-order valence-corrected chi connectivity index (χ1v) is 8.23. The number of hydrogen-bond acceptors (Lipinski definition) is 6. The minimum absolute atomic E-state index is 0.0396. The summed E-state index contributed by atoms with van der Waals surface area (Å²) in [4.78, 5) is 33.6. The molecule has 1 aliphatic rings. The molecule has 1 saturated heterocycles. The summed E-state index contributed by atoms with van der Waals surface area (Å²) in [5.41, 5.74) is 0.497. The number of carbonyl (C=O) groups excluding carboxylic acids is 1. The first kappa shape index (κ1) is 16.8. The topological polar surface area (TPSA) is 101 Å². The first-order valence-electron chi connectivity index (χ1n) is 8.23. The van der Waals surface area contributed by atoms with E-state index in [0.29, 0.717) is 11.6 Å². The number of anilines is 1. The third-order valence-electron chi connectivity index (χ3n) is 4.11. The van der Waals surface area contributed by atoms with Crippen molar-refractivity contribution < 1.29 is 9.72 Å². The Labute approximate surface area is 145 Å². The summed E-state index contributed by atoms with van der Waals surface area (Å²) < 4.78 is 0. The number of nitro groups is 1. The molecule has 1 N–H and O–H groups in total. The molecule has 0 saturated carbocycles. The van der Waals surface area contributed by atoms with E-state index in [-0.39, 0.29) is 17.8 Å². The van der Waals surface area contributed by atoms with Crippen molar-refractivity contribution in [3.05, 3.63) is 57.9 Å². The van der Waals surface area contributed by atoms with Crippen LogP contribution in [0.25, 0.3) is 0 Å².